The van der Waals surface area contributed by atoms with Crippen molar-refractivity contribution in [2.24, 2.45) is 0 Å². The number of benzene rings is 2. The van der Waals surface area contributed by atoms with Gasteiger partial charge in [0.25, 0.3) is 5.91 Å². The summed E-state index contributed by atoms with van der Waals surface area (Å²) < 4.78 is 32.5. The van der Waals surface area contributed by atoms with Crippen LogP contribution in [0, 0.1) is 0 Å². The van der Waals surface area contributed by atoms with Gasteiger partial charge in [-0.1, -0.05) is 24.9 Å². The normalized spacial score (nSPS) is 14.9. The zero-order chi connectivity index (χ0) is 23.0. The Labute approximate surface area is 195 Å². The Morgan fingerprint density at radius 1 is 1.03 bits per heavy atom. The number of ether oxygens (including phenoxy) is 1. The highest BCUT2D eigenvalue weighted by atomic mass is 35.5. The second-order valence-corrected chi connectivity index (χ2v) is 10.2. The molecular formula is C23H30ClN3O4S. The van der Waals surface area contributed by atoms with Crippen molar-refractivity contribution in [1.29, 1.82) is 0 Å². The zero-order valence-electron chi connectivity index (χ0n) is 18.3. The minimum atomic E-state index is -3.44. The molecular weight excluding hydrogens is 450 g/mol. The van der Waals surface area contributed by atoms with Gasteiger partial charge in [-0.15, -0.1) is 0 Å². The molecule has 1 aliphatic rings. The Bertz CT molecular complexity index is 973. The number of hydrogen-bond acceptors (Lipinski definition) is 5. The van der Waals surface area contributed by atoms with Crippen LogP contribution in [0.15, 0.2) is 48.5 Å². The second-order valence-electron chi connectivity index (χ2n) is 7.66. The van der Waals surface area contributed by atoms with Crippen molar-refractivity contribution < 1.29 is 17.9 Å². The molecule has 32 heavy (non-hydrogen) atoms. The summed E-state index contributed by atoms with van der Waals surface area (Å²) in [6.07, 6.45) is 2.04. The molecule has 1 aliphatic heterocycles. The van der Waals surface area contributed by atoms with E-state index in [0.717, 1.165) is 24.3 Å². The van der Waals surface area contributed by atoms with E-state index in [0.29, 0.717) is 43.4 Å². The van der Waals surface area contributed by atoms with Crippen LogP contribution in [0.1, 0.15) is 30.1 Å². The van der Waals surface area contributed by atoms with E-state index in [-0.39, 0.29) is 18.2 Å². The van der Waals surface area contributed by atoms with Gasteiger partial charge in [0.05, 0.1) is 12.4 Å². The molecule has 0 spiro atoms. The Balaban J connectivity index is 1.43. The molecule has 0 atom stereocenters. The van der Waals surface area contributed by atoms with Crippen molar-refractivity contribution in [3.8, 4) is 5.75 Å². The number of halogens is 1. The largest absolute Gasteiger partial charge is 0.494 e. The molecule has 1 amide bonds. The summed E-state index contributed by atoms with van der Waals surface area (Å²) in [4.78, 5) is 14.5. The number of nitrogens with zero attached hydrogens (tertiary/aromatic N) is 2. The van der Waals surface area contributed by atoms with Crippen molar-refractivity contribution in [2.75, 3.05) is 50.0 Å². The first-order valence-corrected chi connectivity index (χ1v) is 12.9. The van der Waals surface area contributed by atoms with Gasteiger partial charge in [0.1, 0.15) is 5.75 Å². The predicted octanol–water partition coefficient (Wildman–Crippen LogP) is 3.40. The molecule has 1 fully saturated rings. The molecule has 3 rings (SSSR count). The topological polar surface area (TPSA) is 78.9 Å². The quantitative estimate of drug-likeness (QED) is 0.528. The van der Waals surface area contributed by atoms with Crippen LogP contribution in [-0.2, 0) is 10.0 Å². The van der Waals surface area contributed by atoms with Gasteiger partial charge in [0.2, 0.25) is 10.0 Å². The number of hydrogen-bond donors (Lipinski definition) is 1. The molecule has 0 unspecified atom stereocenters. The first kappa shape index (κ1) is 24.4. The van der Waals surface area contributed by atoms with E-state index in [9.17, 15) is 13.2 Å². The molecule has 9 heteroatoms. The Kier molecular flexibility index (Phi) is 8.78. The lowest BCUT2D eigenvalue weighted by atomic mass is 10.2. The van der Waals surface area contributed by atoms with E-state index in [1.54, 1.807) is 24.3 Å². The monoisotopic (exact) mass is 479 g/mol. The number of sulfonamides is 1. The molecule has 2 aromatic rings. The first-order valence-electron chi connectivity index (χ1n) is 10.9. The summed E-state index contributed by atoms with van der Waals surface area (Å²) in [7, 11) is -3.44. The standard InChI is InChI=1S/C23H30ClN3O4S/c1-2-3-17-31-22-10-4-19(5-11-22)23(28)25-12-18-32(29,30)27-15-13-26(14-16-27)21-8-6-20(24)7-9-21/h4-11H,2-3,12-18H2,1H3,(H,25,28). The van der Waals surface area contributed by atoms with Crippen LogP contribution in [0.3, 0.4) is 0 Å². The smallest absolute Gasteiger partial charge is 0.251 e. The van der Waals surface area contributed by atoms with E-state index in [1.807, 2.05) is 24.3 Å². The third-order valence-corrected chi connectivity index (χ3v) is 7.48. The van der Waals surface area contributed by atoms with Gasteiger partial charge in [-0.05, 0) is 55.0 Å². The van der Waals surface area contributed by atoms with Crippen LogP contribution in [0.2, 0.25) is 5.02 Å². The third-order valence-electron chi connectivity index (χ3n) is 5.35. The average Bonchev–Trinajstić information content (AvgIpc) is 2.80. The van der Waals surface area contributed by atoms with Gasteiger partial charge in [-0.3, -0.25) is 4.79 Å². The molecule has 1 N–H and O–H groups in total. The summed E-state index contributed by atoms with van der Waals surface area (Å²) in [6.45, 7) is 4.86. The number of rotatable bonds is 10. The minimum absolute atomic E-state index is 0.0628. The molecule has 1 saturated heterocycles. The van der Waals surface area contributed by atoms with Crippen LogP contribution in [0.25, 0.3) is 0 Å². The molecule has 0 aromatic heterocycles. The second kappa shape index (κ2) is 11.5. The molecule has 174 valence electrons. The molecule has 1 heterocycles. The summed E-state index contributed by atoms with van der Waals surface area (Å²) in [5.41, 5.74) is 1.50. The van der Waals surface area contributed by atoms with Crippen molar-refractivity contribution >= 4 is 33.2 Å². The Morgan fingerprint density at radius 2 is 1.69 bits per heavy atom. The average molecular weight is 480 g/mol. The summed E-state index contributed by atoms with van der Waals surface area (Å²) in [5.74, 6) is 0.293. The third kappa shape index (κ3) is 6.85. The number of piperazine rings is 1. The number of amides is 1. The van der Waals surface area contributed by atoms with Crippen LogP contribution >= 0.6 is 11.6 Å². The minimum Gasteiger partial charge on any atom is -0.494 e. The highest BCUT2D eigenvalue weighted by Gasteiger charge is 2.27. The van der Waals surface area contributed by atoms with Gasteiger partial charge in [0.15, 0.2) is 0 Å². The van der Waals surface area contributed by atoms with E-state index >= 15 is 0 Å². The lowest BCUT2D eigenvalue weighted by Crippen LogP contribution is -2.50. The summed E-state index contributed by atoms with van der Waals surface area (Å²) >= 11 is 5.93. The SMILES string of the molecule is CCCCOc1ccc(C(=O)NCCS(=O)(=O)N2CCN(c3ccc(Cl)cc3)CC2)cc1. The predicted molar refractivity (Wildman–Crippen MR) is 128 cm³/mol. The van der Waals surface area contributed by atoms with E-state index in [2.05, 4.69) is 17.1 Å². The fraction of sp³-hybridized carbons (Fsp3) is 0.435. The van der Waals surface area contributed by atoms with Crippen molar-refractivity contribution in [1.82, 2.24) is 9.62 Å². The van der Waals surface area contributed by atoms with Crippen LogP contribution in [-0.4, -0.2) is 63.7 Å². The number of nitrogens with one attached hydrogen (secondary N) is 1. The highest BCUT2D eigenvalue weighted by molar-refractivity contribution is 7.89. The fourth-order valence-corrected chi connectivity index (χ4v) is 4.90. The van der Waals surface area contributed by atoms with E-state index in [4.69, 9.17) is 16.3 Å². The Hall–Kier alpha value is -2.29. The van der Waals surface area contributed by atoms with Crippen LogP contribution < -0.4 is 15.0 Å². The van der Waals surface area contributed by atoms with Gasteiger partial charge in [-0.25, -0.2) is 8.42 Å². The molecule has 0 radical (unpaired) electrons. The summed E-state index contributed by atoms with van der Waals surface area (Å²) in [6, 6.07) is 14.4. The molecule has 2 aromatic carbocycles. The Morgan fingerprint density at radius 3 is 2.31 bits per heavy atom. The lowest BCUT2D eigenvalue weighted by molar-refractivity contribution is 0.0956. The number of unbranched alkanes of at least 4 members (excludes halogenated alkanes) is 1. The highest BCUT2D eigenvalue weighted by Crippen LogP contribution is 2.20. The molecule has 7 nitrogen and oxygen atoms in total. The van der Waals surface area contributed by atoms with Crippen LogP contribution in [0.5, 0.6) is 5.75 Å². The fourth-order valence-electron chi connectivity index (χ4n) is 3.44. The van der Waals surface area contributed by atoms with Gasteiger partial charge < -0.3 is 15.0 Å². The van der Waals surface area contributed by atoms with E-state index in [1.165, 1.54) is 4.31 Å². The summed E-state index contributed by atoms with van der Waals surface area (Å²) in [5, 5.41) is 3.37. The maximum absolute atomic E-state index is 12.7. The molecule has 0 aliphatic carbocycles. The lowest BCUT2D eigenvalue weighted by Gasteiger charge is -2.35. The van der Waals surface area contributed by atoms with Crippen molar-refractivity contribution in [3.63, 3.8) is 0 Å². The zero-order valence-corrected chi connectivity index (χ0v) is 19.9. The van der Waals surface area contributed by atoms with Crippen molar-refractivity contribution in [3.05, 3.63) is 59.1 Å². The van der Waals surface area contributed by atoms with Gasteiger partial charge in [-0.2, -0.15) is 4.31 Å². The number of anilines is 1. The van der Waals surface area contributed by atoms with Crippen molar-refractivity contribution in [2.45, 2.75) is 19.8 Å². The molecule has 0 saturated carbocycles. The maximum Gasteiger partial charge on any atom is 0.251 e. The first-order chi connectivity index (χ1) is 15.4. The maximum atomic E-state index is 12.7. The van der Waals surface area contributed by atoms with E-state index < -0.39 is 10.0 Å². The van der Waals surface area contributed by atoms with Gasteiger partial charge >= 0.3 is 0 Å². The number of carbonyl (C=O) groups excluding carboxylic acids is 1. The number of carbonyl (C=O) groups is 1. The van der Waals surface area contributed by atoms with Gasteiger partial charge in [0, 0.05) is 49.0 Å². The van der Waals surface area contributed by atoms with Crippen LogP contribution in [0.4, 0.5) is 5.69 Å². The molecule has 0 bridgehead atoms.